The van der Waals surface area contributed by atoms with Gasteiger partial charge in [-0.05, 0) is 26.7 Å². The fourth-order valence-electron chi connectivity index (χ4n) is 2.02. The monoisotopic (exact) mass is 280 g/mol. The van der Waals surface area contributed by atoms with Gasteiger partial charge in [0.2, 0.25) is 11.8 Å². The molecule has 0 saturated carbocycles. The highest BCUT2D eigenvalue weighted by atomic mass is 16.2. The van der Waals surface area contributed by atoms with Gasteiger partial charge in [-0.1, -0.05) is 6.92 Å². The summed E-state index contributed by atoms with van der Waals surface area (Å²) in [7, 11) is 0. The maximum Gasteiger partial charge on any atom is 0.224 e. The second kappa shape index (κ2) is 7.67. The molecular weight excluding hydrogens is 256 g/mol. The van der Waals surface area contributed by atoms with Gasteiger partial charge in [-0.3, -0.25) is 14.3 Å². The predicted octanol–water partition coefficient (Wildman–Crippen LogP) is 1.76. The molecule has 0 aliphatic rings. The number of nitrogens with zero attached hydrogens (tertiary/aromatic N) is 2. The molecule has 0 aliphatic heterocycles. The Morgan fingerprint density at radius 3 is 2.60 bits per heavy atom. The zero-order valence-electron chi connectivity index (χ0n) is 12.7. The minimum Gasteiger partial charge on any atom is -0.356 e. The maximum atomic E-state index is 11.9. The molecule has 0 spiro atoms. The number of anilines is 1. The van der Waals surface area contributed by atoms with E-state index in [1.807, 2.05) is 18.5 Å². The van der Waals surface area contributed by atoms with Crippen molar-refractivity contribution in [3.05, 3.63) is 11.4 Å². The van der Waals surface area contributed by atoms with Crippen LogP contribution in [0.25, 0.3) is 0 Å². The highest BCUT2D eigenvalue weighted by Crippen LogP contribution is 2.19. The van der Waals surface area contributed by atoms with E-state index in [1.54, 1.807) is 0 Å². The van der Waals surface area contributed by atoms with Gasteiger partial charge in [-0.2, -0.15) is 5.10 Å². The minimum atomic E-state index is -0.0714. The first kappa shape index (κ1) is 16.2. The number of amides is 2. The normalized spacial score (nSPS) is 10.4. The van der Waals surface area contributed by atoms with E-state index in [4.69, 9.17) is 0 Å². The van der Waals surface area contributed by atoms with E-state index in [0.29, 0.717) is 19.4 Å². The van der Waals surface area contributed by atoms with Crippen LogP contribution in [0.4, 0.5) is 5.69 Å². The Morgan fingerprint density at radius 1 is 1.30 bits per heavy atom. The van der Waals surface area contributed by atoms with Crippen LogP contribution in [0, 0.1) is 13.8 Å². The number of hydrogen-bond acceptors (Lipinski definition) is 3. The first-order valence-electron chi connectivity index (χ1n) is 7.04. The summed E-state index contributed by atoms with van der Waals surface area (Å²) in [5, 5.41) is 10.0. The van der Waals surface area contributed by atoms with Crippen molar-refractivity contribution in [3.63, 3.8) is 0 Å². The third kappa shape index (κ3) is 4.68. The van der Waals surface area contributed by atoms with E-state index in [-0.39, 0.29) is 11.8 Å². The Hall–Kier alpha value is -1.85. The summed E-state index contributed by atoms with van der Waals surface area (Å²) in [6.07, 6.45) is 2.02. The number of rotatable bonds is 7. The highest BCUT2D eigenvalue weighted by molar-refractivity contribution is 5.91. The van der Waals surface area contributed by atoms with Crippen LogP contribution in [0.3, 0.4) is 0 Å². The van der Waals surface area contributed by atoms with Crippen molar-refractivity contribution < 1.29 is 9.59 Å². The van der Waals surface area contributed by atoms with Crippen LogP contribution >= 0.6 is 0 Å². The molecule has 1 aromatic rings. The molecule has 0 fully saturated rings. The smallest absolute Gasteiger partial charge is 0.224 e. The molecule has 1 aromatic heterocycles. The molecule has 0 aliphatic carbocycles. The van der Waals surface area contributed by atoms with Crippen molar-refractivity contribution in [3.8, 4) is 0 Å². The van der Waals surface area contributed by atoms with Gasteiger partial charge in [-0.25, -0.2) is 0 Å². The van der Waals surface area contributed by atoms with E-state index in [2.05, 4.69) is 22.7 Å². The van der Waals surface area contributed by atoms with Crippen molar-refractivity contribution >= 4 is 17.5 Å². The molecule has 0 unspecified atom stereocenters. The summed E-state index contributed by atoms with van der Waals surface area (Å²) >= 11 is 0. The lowest BCUT2D eigenvalue weighted by Crippen LogP contribution is -2.22. The van der Waals surface area contributed by atoms with E-state index in [1.165, 1.54) is 6.92 Å². The Labute approximate surface area is 119 Å². The quantitative estimate of drug-likeness (QED) is 0.747. The maximum absolute atomic E-state index is 11.9. The van der Waals surface area contributed by atoms with Crippen LogP contribution in [-0.2, 0) is 16.1 Å². The van der Waals surface area contributed by atoms with Gasteiger partial charge < -0.3 is 10.6 Å². The summed E-state index contributed by atoms with van der Waals surface area (Å²) < 4.78 is 1.92. The predicted molar refractivity (Wildman–Crippen MR) is 78.5 cm³/mol. The number of carbonyl (C=O) groups is 2. The molecule has 2 amide bonds. The zero-order chi connectivity index (χ0) is 15.1. The molecular formula is C14H24N4O2. The zero-order valence-corrected chi connectivity index (χ0v) is 12.7. The molecule has 0 aromatic carbocycles. The number of hydrogen-bond donors (Lipinski definition) is 2. The topological polar surface area (TPSA) is 76.0 Å². The van der Waals surface area contributed by atoms with Crippen molar-refractivity contribution in [2.45, 2.75) is 53.5 Å². The molecule has 0 bridgehead atoms. The van der Waals surface area contributed by atoms with Crippen molar-refractivity contribution in [1.82, 2.24) is 15.1 Å². The standard InChI is InChI=1S/C14H24N4O2/c1-5-9-18-11(3)14(10(2)17-18)16-13(20)7-6-8-15-12(4)19/h5-9H2,1-4H3,(H,15,19)(H,16,20). The minimum absolute atomic E-state index is 0.0439. The average molecular weight is 280 g/mol. The third-order valence-corrected chi connectivity index (χ3v) is 3.04. The first-order valence-corrected chi connectivity index (χ1v) is 7.04. The Kier molecular flexibility index (Phi) is 6.21. The lowest BCUT2D eigenvalue weighted by Gasteiger charge is -2.07. The summed E-state index contributed by atoms with van der Waals surface area (Å²) in [5.74, 6) is -0.115. The molecule has 6 heteroatoms. The van der Waals surface area contributed by atoms with Gasteiger partial charge in [0.05, 0.1) is 17.1 Å². The lowest BCUT2D eigenvalue weighted by molar-refractivity contribution is -0.119. The molecule has 2 N–H and O–H groups in total. The first-order chi connectivity index (χ1) is 9.45. The summed E-state index contributed by atoms with van der Waals surface area (Å²) in [6, 6.07) is 0. The Morgan fingerprint density at radius 2 is 2.00 bits per heavy atom. The number of aryl methyl sites for hydroxylation is 2. The van der Waals surface area contributed by atoms with Crippen LogP contribution in [0.2, 0.25) is 0 Å². The third-order valence-electron chi connectivity index (χ3n) is 3.04. The Balaban J connectivity index is 2.51. The number of aromatic nitrogens is 2. The fourth-order valence-corrected chi connectivity index (χ4v) is 2.02. The highest BCUT2D eigenvalue weighted by Gasteiger charge is 2.13. The van der Waals surface area contributed by atoms with Crippen LogP contribution in [0.1, 0.15) is 44.5 Å². The van der Waals surface area contributed by atoms with E-state index in [0.717, 1.165) is 30.0 Å². The van der Waals surface area contributed by atoms with Crippen LogP contribution in [0.5, 0.6) is 0 Å². The number of nitrogens with one attached hydrogen (secondary N) is 2. The fraction of sp³-hybridized carbons (Fsp3) is 0.643. The van der Waals surface area contributed by atoms with E-state index >= 15 is 0 Å². The van der Waals surface area contributed by atoms with Crippen molar-refractivity contribution in [1.29, 1.82) is 0 Å². The van der Waals surface area contributed by atoms with Crippen molar-refractivity contribution in [2.75, 3.05) is 11.9 Å². The van der Waals surface area contributed by atoms with Gasteiger partial charge in [0, 0.05) is 26.4 Å². The van der Waals surface area contributed by atoms with Gasteiger partial charge >= 0.3 is 0 Å². The number of carbonyl (C=O) groups excluding carboxylic acids is 2. The molecule has 0 radical (unpaired) electrons. The molecule has 20 heavy (non-hydrogen) atoms. The molecule has 0 saturated heterocycles. The molecule has 0 atom stereocenters. The molecule has 1 rings (SSSR count). The van der Waals surface area contributed by atoms with Gasteiger partial charge in [0.1, 0.15) is 0 Å². The molecule has 1 heterocycles. The van der Waals surface area contributed by atoms with Gasteiger partial charge in [0.15, 0.2) is 0 Å². The van der Waals surface area contributed by atoms with Crippen LogP contribution < -0.4 is 10.6 Å². The molecule has 6 nitrogen and oxygen atoms in total. The molecule has 112 valence electrons. The summed E-state index contributed by atoms with van der Waals surface area (Å²) in [6.45, 7) is 8.79. The summed E-state index contributed by atoms with van der Waals surface area (Å²) in [4.78, 5) is 22.6. The van der Waals surface area contributed by atoms with Gasteiger partial charge in [0.25, 0.3) is 0 Å². The van der Waals surface area contributed by atoms with Crippen LogP contribution in [-0.4, -0.2) is 28.1 Å². The van der Waals surface area contributed by atoms with E-state index < -0.39 is 0 Å². The van der Waals surface area contributed by atoms with Crippen molar-refractivity contribution in [2.24, 2.45) is 0 Å². The second-order valence-corrected chi connectivity index (χ2v) is 4.90. The average Bonchev–Trinajstić information content (AvgIpc) is 2.63. The van der Waals surface area contributed by atoms with E-state index in [9.17, 15) is 9.59 Å². The lowest BCUT2D eigenvalue weighted by atomic mass is 10.2. The second-order valence-electron chi connectivity index (χ2n) is 4.90. The SMILES string of the molecule is CCCn1nc(C)c(NC(=O)CCCNC(C)=O)c1C. The van der Waals surface area contributed by atoms with Crippen LogP contribution in [0.15, 0.2) is 0 Å². The largest absolute Gasteiger partial charge is 0.356 e. The Bertz CT molecular complexity index is 480. The summed E-state index contributed by atoms with van der Waals surface area (Å²) in [5.41, 5.74) is 2.63. The van der Waals surface area contributed by atoms with Gasteiger partial charge in [-0.15, -0.1) is 0 Å².